The van der Waals surface area contributed by atoms with Gasteiger partial charge in [-0.1, -0.05) is 48.5 Å². The second-order valence-corrected chi connectivity index (χ2v) is 9.74. The zero-order valence-electron chi connectivity index (χ0n) is 19.6. The largest absolute Gasteiger partial charge is 0.502 e. The number of carbonyl (C=O) groups is 1. The Hall–Kier alpha value is -4.11. The SMILES string of the molecule is COc1cc(/C=C2\SC3(NC2=O)Oc2ccccc2C2CC(c4ccccc4)=NN23)cc(OC)c1O. The molecule has 9 heteroatoms. The van der Waals surface area contributed by atoms with E-state index >= 15 is 0 Å². The fraction of sp³-hybridized carbons (Fsp3) is 0.185. The number of hydrogen-bond donors (Lipinski definition) is 2. The highest BCUT2D eigenvalue weighted by molar-refractivity contribution is 8.05. The van der Waals surface area contributed by atoms with Crippen molar-refractivity contribution in [3.8, 4) is 23.0 Å². The van der Waals surface area contributed by atoms with Crippen LogP contribution in [0.1, 0.15) is 29.2 Å². The number of ether oxygens (including phenoxy) is 3. The number of nitrogens with zero attached hydrogens (tertiary/aromatic N) is 2. The van der Waals surface area contributed by atoms with Gasteiger partial charge < -0.3 is 19.3 Å². The summed E-state index contributed by atoms with van der Waals surface area (Å²) in [4.78, 5) is 13.6. The van der Waals surface area contributed by atoms with Crippen molar-refractivity contribution in [3.63, 3.8) is 0 Å². The number of rotatable bonds is 4. The Morgan fingerprint density at radius 1 is 1.11 bits per heavy atom. The predicted molar refractivity (Wildman–Crippen MR) is 137 cm³/mol. The van der Waals surface area contributed by atoms with E-state index in [1.165, 1.54) is 26.0 Å². The summed E-state index contributed by atoms with van der Waals surface area (Å²) in [5, 5.41) is 18.8. The minimum absolute atomic E-state index is 0.0915. The number of methoxy groups -OCH3 is 2. The van der Waals surface area contributed by atoms with E-state index in [-0.39, 0.29) is 29.2 Å². The maximum absolute atomic E-state index is 13.2. The average molecular weight is 502 g/mol. The van der Waals surface area contributed by atoms with Crippen molar-refractivity contribution < 1.29 is 24.1 Å². The summed E-state index contributed by atoms with van der Waals surface area (Å²) in [6, 6.07) is 21.1. The molecule has 8 nitrogen and oxygen atoms in total. The third-order valence-electron chi connectivity index (χ3n) is 6.39. The number of benzene rings is 3. The molecule has 0 aliphatic carbocycles. The highest BCUT2D eigenvalue weighted by Crippen LogP contribution is 2.53. The van der Waals surface area contributed by atoms with Crippen molar-refractivity contribution in [1.29, 1.82) is 0 Å². The number of para-hydroxylation sites is 1. The van der Waals surface area contributed by atoms with E-state index in [4.69, 9.17) is 19.3 Å². The second kappa shape index (κ2) is 8.53. The standard InChI is InChI=1S/C27H23N3O5S/c1-33-22-12-16(13-23(34-2)25(22)31)14-24-26(32)28-27(36-24)30-20(18-10-6-7-11-21(18)35-27)15-19(29-30)17-8-4-3-5-9-17/h3-14,20,31H,15H2,1-2H3,(H,28,32)/b24-14-. The monoisotopic (exact) mass is 501 g/mol. The lowest BCUT2D eigenvalue weighted by atomic mass is 9.97. The highest BCUT2D eigenvalue weighted by Gasteiger charge is 2.57. The van der Waals surface area contributed by atoms with Crippen LogP contribution >= 0.6 is 11.8 Å². The van der Waals surface area contributed by atoms with Crippen LogP contribution in [0.2, 0.25) is 0 Å². The first-order valence-electron chi connectivity index (χ1n) is 11.4. The van der Waals surface area contributed by atoms with Crippen LogP contribution < -0.4 is 19.5 Å². The van der Waals surface area contributed by atoms with Crippen molar-refractivity contribution in [1.82, 2.24) is 10.3 Å². The van der Waals surface area contributed by atoms with E-state index in [2.05, 4.69) is 5.32 Å². The van der Waals surface area contributed by atoms with E-state index in [1.807, 2.05) is 59.6 Å². The van der Waals surface area contributed by atoms with Gasteiger partial charge in [0.15, 0.2) is 11.5 Å². The summed E-state index contributed by atoms with van der Waals surface area (Å²) in [6.45, 7) is 0. The Morgan fingerprint density at radius 3 is 2.53 bits per heavy atom. The third-order valence-corrected chi connectivity index (χ3v) is 7.56. The van der Waals surface area contributed by atoms with Crippen LogP contribution in [0.15, 0.2) is 76.7 Å². The van der Waals surface area contributed by atoms with Gasteiger partial charge >= 0.3 is 5.18 Å². The Labute approximate surface area is 212 Å². The number of phenolic OH excluding ortho intramolecular Hbond substituents is 1. The first-order chi connectivity index (χ1) is 17.5. The molecular weight excluding hydrogens is 478 g/mol. The molecule has 0 radical (unpaired) electrons. The first-order valence-corrected chi connectivity index (χ1v) is 12.2. The molecule has 3 heterocycles. The molecule has 0 aromatic heterocycles. The zero-order chi connectivity index (χ0) is 24.9. The Balaban J connectivity index is 1.41. The van der Waals surface area contributed by atoms with Crippen LogP contribution in [0.5, 0.6) is 23.0 Å². The van der Waals surface area contributed by atoms with Crippen molar-refractivity contribution in [2.45, 2.75) is 17.6 Å². The molecule has 1 spiro atoms. The third kappa shape index (κ3) is 3.54. The molecule has 36 heavy (non-hydrogen) atoms. The van der Waals surface area contributed by atoms with Crippen LogP contribution in [0.25, 0.3) is 6.08 Å². The fourth-order valence-corrected chi connectivity index (χ4v) is 5.87. The van der Waals surface area contributed by atoms with Gasteiger partial charge in [-0.25, -0.2) is 5.01 Å². The summed E-state index contributed by atoms with van der Waals surface area (Å²) in [6.07, 6.45) is 2.41. The number of aromatic hydroxyl groups is 1. The summed E-state index contributed by atoms with van der Waals surface area (Å²) in [7, 11) is 2.92. The summed E-state index contributed by atoms with van der Waals surface area (Å²) in [5.41, 5.74) is 3.63. The maximum Gasteiger partial charge on any atom is 0.336 e. The lowest BCUT2D eigenvalue weighted by molar-refractivity contribution is -0.127. The van der Waals surface area contributed by atoms with Crippen LogP contribution in [0.4, 0.5) is 0 Å². The minimum atomic E-state index is -1.23. The predicted octanol–water partition coefficient (Wildman–Crippen LogP) is 4.47. The topological polar surface area (TPSA) is 92.6 Å². The molecule has 1 fully saturated rings. The molecule has 0 saturated carbocycles. The van der Waals surface area contributed by atoms with E-state index in [0.717, 1.165) is 16.8 Å². The molecule has 3 aromatic rings. The number of nitrogens with one attached hydrogen (secondary N) is 1. The zero-order valence-corrected chi connectivity index (χ0v) is 20.4. The molecule has 6 rings (SSSR count). The molecule has 3 aliphatic heterocycles. The van der Waals surface area contributed by atoms with Gasteiger partial charge in [-0.3, -0.25) is 10.1 Å². The van der Waals surface area contributed by atoms with Gasteiger partial charge in [0.1, 0.15) is 5.75 Å². The van der Waals surface area contributed by atoms with E-state index < -0.39 is 5.18 Å². The van der Waals surface area contributed by atoms with E-state index in [1.54, 1.807) is 18.2 Å². The van der Waals surface area contributed by atoms with Crippen molar-refractivity contribution >= 4 is 29.5 Å². The Morgan fingerprint density at radius 2 is 1.81 bits per heavy atom. The van der Waals surface area contributed by atoms with Gasteiger partial charge in [-0.15, -0.1) is 0 Å². The number of fused-ring (bicyclic) bond motifs is 4. The van der Waals surface area contributed by atoms with E-state index in [0.29, 0.717) is 22.6 Å². The van der Waals surface area contributed by atoms with Gasteiger partial charge in [-0.05, 0) is 47.2 Å². The van der Waals surface area contributed by atoms with Gasteiger partial charge in [0, 0.05) is 12.0 Å². The summed E-state index contributed by atoms with van der Waals surface area (Å²) >= 11 is 1.26. The van der Waals surface area contributed by atoms with E-state index in [9.17, 15) is 9.90 Å². The average Bonchev–Trinajstić information content (AvgIpc) is 3.48. The molecule has 3 aromatic carbocycles. The number of thioether (sulfide) groups is 1. The van der Waals surface area contributed by atoms with Crippen LogP contribution in [0, 0.1) is 0 Å². The number of amides is 1. The molecule has 3 aliphatic rings. The van der Waals surface area contributed by atoms with Gasteiger partial charge in [0.2, 0.25) is 5.75 Å². The number of hydrogen-bond acceptors (Lipinski definition) is 8. The smallest absolute Gasteiger partial charge is 0.336 e. The van der Waals surface area contributed by atoms with Crippen molar-refractivity contribution in [2.75, 3.05) is 14.2 Å². The number of phenols is 1. The van der Waals surface area contributed by atoms with Crippen LogP contribution in [-0.4, -0.2) is 41.1 Å². The Bertz CT molecular complexity index is 1400. The first kappa shape index (κ1) is 22.4. The highest BCUT2D eigenvalue weighted by atomic mass is 32.2. The van der Waals surface area contributed by atoms with Gasteiger partial charge in [0.25, 0.3) is 5.91 Å². The van der Waals surface area contributed by atoms with Gasteiger partial charge in [0.05, 0.1) is 30.9 Å². The molecule has 1 amide bonds. The quantitative estimate of drug-likeness (QED) is 0.510. The fourth-order valence-electron chi connectivity index (χ4n) is 4.69. The molecule has 2 atom stereocenters. The number of carbonyl (C=O) groups excluding carboxylic acids is 1. The molecule has 182 valence electrons. The molecule has 2 unspecified atom stereocenters. The van der Waals surface area contributed by atoms with Gasteiger partial charge in [-0.2, -0.15) is 5.10 Å². The molecule has 2 N–H and O–H groups in total. The molecular formula is C27H23N3O5S. The van der Waals surface area contributed by atoms with Crippen molar-refractivity contribution in [2.24, 2.45) is 5.10 Å². The number of hydrazone groups is 1. The normalized spacial score (nSPS) is 23.1. The van der Waals surface area contributed by atoms with Crippen LogP contribution in [0.3, 0.4) is 0 Å². The summed E-state index contributed by atoms with van der Waals surface area (Å²) in [5.74, 6) is 0.826. The molecule has 0 bridgehead atoms. The molecule has 1 saturated heterocycles. The second-order valence-electron chi connectivity index (χ2n) is 8.54. The van der Waals surface area contributed by atoms with Crippen LogP contribution in [-0.2, 0) is 4.79 Å². The lowest BCUT2D eigenvalue weighted by Crippen LogP contribution is -2.58. The summed E-state index contributed by atoms with van der Waals surface area (Å²) < 4.78 is 17.0. The van der Waals surface area contributed by atoms with Crippen molar-refractivity contribution in [3.05, 3.63) is 88.3 Å². The Kier molecular flexibility index (Phi) is 5.30. The minimum Gasteiger partial charge on any atom is -0.502 e. The maximum atomic E-state index is 13.2. The lowest BCUT2D eigenvalue weighted by Gasteiger charge is -2.43.